The summed E-state index contributed by atoms with van der Waals surface area (Å²) in [5.41, 5.74) is 5.52. The van der Waals surface area contributed by atoms with Crippen LogP contribution in [0.3, 0.4) is 0 Å². The van der Waals surface area contributed by atoms with Gasteiger partial charge in [-0.15, -0.1) is 0 Å². The van der Waals surface area contributed by atoms with Gasteiger partial charge in [-0.2, -0.15) is 0 Å². The van der Waals surface area contributed by atoms with Gasteiger partial charge in [0.15, 0.2) is 11.5 Å². The Labute approximate surface area is 95.3 Å². The van der Waals surface area contributed by atoms with Gasteiger partial charge in [-0.05, 0) is 31.5 Å². The lowest BCUT2D eigenvalue weighted by atomic mass is 10.2. The Bertz CT molecular complexity index is 354. The zero-order valence-corrected chi connectivity index (χ0v) is 9.44. The Hall–Kier alpha value is -1.42. The number of hydrogen-bond donors (Lipinski definition) is 1. The first-order valence-electron chi connectivity index (χ1n) is 5.60. The molecular weight excluding hydrogens is 206 g/mol. The smallest absolute Gasteiger partial charge is 0.231 e. The van der Waals surface area contributed by atoms with Crippen LogP contribution in [-0.4, -0.2) is 19.4 Å². The van der Waals surface area contributed by atoms with Gasteiger partial charge in [0.05, 0.1) is 6.10 Å². The fourth-order valence-electron chi connectivity index (χ4n) is 1.67. The van der Waals surface area contributed by atoms with E-state index in [9.17, 15) is 0 Å². The summed E-state index contributed by atoms with van der Waals surface area (Å²) in [6, 6.07) is 5.63. The normalized spacial score (nSPS) is 14.9. The van der Waals surface area contributed by atoms with E-state index >= 15 is 0 Å². The van der Waals surface area contributed by atoms with Crippen molar-refractivity contribution in [2.45, 2.75) is 25.9 Å². The van der Waals surface area contributed by atoms with E-state index in [1.165, 1.54) is 0 Å². The van der Waals surface area contributed by atoms with Gasteiger partial charge < -0.3 is 19.9 Å². The minimum absolute atomic E-state index is 0.172. The van der Waals surface area contributed by atoms with Crippen molar-refractivity contribution in [3.63, 3.8) is 0 Å². The molecule has 16 heavy (non-hydrogen) atoms. The standard InChI is InChI=1S/C12H17NO3/c1-2-9(5-6-13)16-10-3-4-11-12(7-10)15-8-14-11/h3-4,7,9H,2,5-6,8,13H2,1H3. The van der Waals surface area contributed by atoms with E-state index in [4.69, 9.17) is 19.9 Å². The van der Waals surface area contributed by atoms with Crippen LogP contribution in [0.5, 0.6) is 17.2 Å². The van der Waals surface area contributed by atoms with Gasteiger partial charge in [-0.25, -0.2) is 0 Å². The maximum absolute atomic E-state index is 5.81. The van der Waals surface area contributed by atoms with Crippen molar-refractivity contribution < 1.29 is 14.2 Å². The zero-order valence-electron chi connectivity index (χ0n) is 9.44. The van der Waals surface area contributed by atoms with E-state index in [2.05, 4.69) is 6.92 Å². The largest absolute Gasteiger partial charge is 0.490 e. The average Bonchev–Trinajstić information content (AvgIpc) is 2.75. The molecular formula is C12H17NO3. The van der Waals surface area contributed by atoms with Crippen LogP contribution < -0.4 is 19.9 Å². The molecule has 1 aromatic carbocycles. The first kappa shape index (κ1) is 11.1. The predicted octanol–water partition coefficient (Wildman–Crippen LogP) is 1.92. The van der Waals surface area contributed by atoms with Gasteiger partial charge in [0.25, 0.3) is 0 Å². The first-order chi connectivity index (χ1) is 7.83. The molecule has 0 spiro atoms. The maximum Gasteiger partial charge on any atom is 0.231 e. The summed E-state index contributed by atoms with van der Waals surface area (Å²) in [5, 5.41) is 0. The summed E-state index contributed by atoms with van der Waals surface area (Å²) in [6.45, 7) is 3.02. The molecule has 1 heterocycles. The third-order valence-corrected chi connectivity index (χ3v) is 2.59. The lowest BCUT2D eigenvalue weighted by Crippen LogP contribution is -2.19. The summed E-state index contributed by atoms with van der Waals surface area (Å²) >= 11 is 0. The Morgan fingerprint density at radius 2 is 2.19 bits per heavy atom. The third-order valence-electron chi connectivity index (χ3n) is 2.59. The molecule has 1 aliphatic rings. The molecule has 0 radical (unpaired) electrons. The highest BCUT2D eigenvalue weighted by Crippen LogP contribution is 2.35. The minimum atomic E-state index is 0.172. The molecule has 0 aliphatic carbocycles. The van der Waals surface area contributed by atoms with Gasteiger partial charge >= 0.3 is 0 Å². The van der Waals surface area contributed by atoms with E-state index in [0.29, 0.717) is 13.3 Å². The molecule has 0 bridgehead atoms. The highest BCUT2D eigenvalue weighted by Gasteiger charge is 2.15. The minimum Gasteiger partial charge on any atom is -0.490 e. The number of benzene rings is 1. The van der Waals surface area contributed by atoms with Crippen LogP contribution in [0.2, 0.25) is 0 Å². The topological polar surface area (TPSA) is 53.7 Å². The summed E-state index contributed by atoms with van der Waals surface area (Å²) < 4.78 is 16.3. The molecule has 1 unspecified atom stereocenters. The SMILES string of the molecule is CCC(CCN)Oc1ccc2c(c1)OCO2. The summed E-state index contributed by atoms with van der Waals surface area (Å²) in [5.74, 6) is 2.34. The molecule has 2 N–H and O–H groups in total. The van der Waals surface area contributed by atoms with Crippen molar-refractivity contribution in [1.29, 1.82) is 0 Å². The lowest BCUT2D eigenvalue weighted by Gasteiger charge is -2.16. The Balaban J connectivity index is 2.04. The van der Waals surface area contributed by atoms with Crippen LogP contribution in [-0.2, 0) is 0 Å². The number of rotatable bonds is 5. The van der Waals surface area contributed by atoms with E-state index in [1.54, 1.807) is 0 Å². The van der Waals surface area contributed by atoms with Crippen LogP contribution >= 0.6 is 0 Å². The molecule has 2 rings (SSSR count). The second-order valence-corrected chi connectivity index (χ2v) is 3.74. The van der Waals surface area contributed by atoms with Gasteiger partial charge in [0, 0.05) is 6.07 Å². The molecule has 0 amide bonds. The van der Waals surface area contributed by atoms with Crippen molar-refractivity contribution in [2.24, 2.45) is 5.73 Å². The molecule has 0 fully saturated rings. The zero-order chi connectivity index (χ0) is 11.4. The van der Waals surface area contributed by atoms with Gasteiger partial charge in [0.2, 0.25) is 6.79 Å². The number of hydrogen-bond acceptors (Lipinski definition) is 4. The molecule has 4 nitrogen and oxygen atoms in total. The van der Waals surface area contributed by atoms with Crippen LogP contribution in [0.15, 0.2) is 18.2 Å². The number of nitrogens with two attached hydrogens (primary N) is 1. The molecule has 1 aromatic rings. The summed E-state index contributed by atoms with van der Waals surface area (Å²) in [6.07, 6.45) is 1.99. The summed E-state index contributed by atoms with van der Waals surface area (Å²) in [7, 11) is 0. The highest BCUT2D eigenvalue weighted by atomic mass is 16.7. The van der Waals surface area contributed by atoms with E-state index in [1.807, 2.05) is 18.2 Å². The van der Waals surface area contributed by atoms with Crippen LogP contribution in [0.25, 0.3) is 0 Å². The van der Waals surface area contributed by atoms with E-state index < -0.39 is 0 Å². The lowest BCUT2D eigenvalue weighted by molar-refractivity contribution is 0.172. The second kappa shape index (κ2) is 5.07. The predicted molar refractivity (Wildman–Crippen MR) is 60.9 cm³/mol. The quantitative estimate of drug-likeness (QED) is 0.828. The fraction of sp³-hybridized carbons (Fsp3) is 0.500. The fourth-order valence-corrected chi connectivity index (χ4v) is 1.67. The molecule has 1 atom stereocenters. The van der Waals surface area contributed by atoms with Crippen molar-refractivity contribution in [1.82, 2.24) is 0 Å². The Morgan fingerprint density at radius 1 is 1.38 bits per heavy atom. The van der Waals surface area contributed by atoms with Crippen LogP contribution in [0.1, 0.15) is 19.8 Å². The van der Waals surface area contributed by atoms with Crippen molar-refractivity contribution >= 4 is 0 Å². The van der Waals surface area contributed by atoms with Gasteiger partial charge in [-0.3, -0.25) is 0 Å². The van der Waals surface area contributed by atoms with Gasteiger partial charge in [-0.1, -0.05) is 6.92 Å². The molecule has 0 saturated heterocycles. The summed E-state index contributed by atoms with van der Waals surface area (Å²) in [4.78, 5) is 0. The van der Waals surface area contributed by atoms with Crippen LogP contribution in [0.4, 0.5) is 0 Å². The van der Waals surface area contributed by atoms with Crippen molar-refractivity contribution in [3.8, 4) is 17.2 Å². The molecule has 88 valence electrons. The maximum atomic E-state index is 5.81. The Kier molecular flexibility index (Phi) is 3.51. The van der Waals surface area contributed by atoms with E-state index in [0.717, 1.165) is 30.1 Å². The van der Waals surface area contributed by atoms with Gasteiger partial charge in [0.1, 0.15) is 5.75 Å². The molecule has 0 saturated carbocycles. The molecule has 0 aromatic heterocycles. The Morgan fingerprint density at radius 3 is 2.94 bits per heavy atom. The van der Waals surface area contributed by atoms with E-state index in [-0.39, 0.29) is 6.10 Å². The van der Waals surface area contributed by atoms with Crippen molar-refractivity contribution in [2.75, 3.05) is 13.3 Å². The first-order valence-corrected chi connectivity index (χ1v) is 5.60. The second-order valence-electron chi connectivity index (χ2n) is 3.74. The van der Waals surface area contributed by atoms with Crippen LogP contribution in [0, 0.1) is 0 Å². The third kappa shape index (κ3) is 2.39. The number of ether oxygens (including phenoxy) is 3. The number of fused-ring (bicyclic) bond motifs is 1. The van der Waals surface area contributed by atoms with Crippen molar-refractivity contribution in [3.05, 3.63) is 18.2 Å². The monoisotopic (exact) mass is 223 g/mol. The average molecular weight is 223 g/mol. The molecule has 4 heteroatoms. The molecule has 1 aliphatic heterocycles. The highest BCUT2D eigenvalue weighted by molar-refractivity contribution is 5.46.